The van der Waals surface area contributed by atoms with Gasteiger partial charge in [-0.15, -0.1) is 6.58 Å². The van der Waals surface area contributed by atoms with Gasteiger partial charge in [-0.2, -0.15) is 0 Å². The lowest BCUT2D eigenvalue weighted by Gasteiger charge is -2.22. The smallest absolute Gasteiger partial charge is 0.303 e. The van der Waals surface area contributed by atoms with Gasteiger partial charge < -0.3 is 15.3 Å². The second kappa shape index (κ2) is 6.39. The molecule has 1 fully saturated rings. The van der Waals surface area contributed by atoms with Crippen molar-refractivity contribution in [2.45, 2.75) is 38.3 Å². The minimum absolute atomic E-state index is 0.0120. The van der Waals surface area contributed by atoms with Gasteiger partial charge >= 0.3 is 5.97 Å². The second-order valence-corrected chi connectivity index (χ2v) is 4.41. The summed E-state index contributed by atoms with van der Waals surface area (Å²) in [4.78, 5) is 24.4. The average molecular weight is 240 g/mol. The van der Waals surface area contributed by atoms with E-state index >= 15 is 0 Å². The van der Waals surface area contributed by atoms with E-state index in [1.165, 1.54) is 0 Å². The van der Waals surface area contributed by atoms with E-state index in [-0.39, 0.29) is 24.4 Å². The number of carboxylic acids is 1. The van der Waals surface area contributed by atoms with Gasteiger partial charge in [-0.1, -0.05) is 6.08 Å². The Morgan fingerprint density at radius 1 is 1.71 bits per heavy atom. The number of hydrogen-bond donors (Lipinski definition) is 2. The van der Waals surface area contributed by atoms with Gasteiger partial charge in [0.2, 0.25) is 5.91 Å². The van der Waals surface area contributed by atoms with E-state index < -0.39 is 5.97 Å². The van der Waals surface area contributed by atoms with Crippen LogP contribution in [0.1, 0.15) is 26.2 Å². The van der Waals surface area contributed by atoms with Crippen LogP contribution in [0.15, 0.2) is 12.7 Å². The van der Waals surface area contributed by atoms with Crippen molar-refractivity contribution < 1.29 is 14.7 Å². The minimum atomic E-state index is -0.869. The first kappa shape index (κ1) is 13.7. The molecule has 1 rings (SSSR count). The summed E-state index contributed by atoms with van der Waals surface area (Å²) >= 11 is 0. The Bertz CT molecular complexity index is 304. The van der Waals surface area contributed by atoms with Gasteiger partial charge in [-0.05, 0) is 19.8 Å². The molecule has 0 saturated carbocycles. The predicted molar refractivity (Wildman–Crippen MR) is 64.6 cm³/mol. The molecule has 17 heavy (non-hydrogen) atoms. The molecule has 96 valence electrons. The Morgan fingerprint density at radius 3 is 3.00 bits per heavy atom. The number of nitrogens with zero attached hydrogens (tertiary/aromatic N) is 1. The summed E-state index contributed by atoms with van der Waals surface area (Å²) in [5, 5.41) is 11.9. The van der Waals surface area contributed by atoms with Crippen molar-refractivity contribution in [2.75, 3.05) is 13.1 Å². The summed E-state index contributed by atoms with van der Waals surface area (Å²) < 4.78 is 0. The number of hydrogen-bond acceptors (Lipinski definition) is 3. The van der Waals surface area contributed by atoms with Crippen molar-refractivity contribution in [3.63, 3.8) is 0 Å². The summed E-state index contributed by atoms with van der Waals surface area (Å²) in [5.74, 6) is -0.887. The molecule has 1 saturated heterocycles. The highest BCUT2D eigenvalue weighted by atomic mass is 16.4. The molecule has 2 unspecified atom stereocenters. The fraction of sp³-hybridized carbons (Fsp3) is 0.667. The molecule has 1 amide bonds. The number of rotatable bonds is 5. The van der Waals surface area contributed by atoms with Crippen LogP contribution in [-0.4, -0.2) is 47.1 Å². The Balaban J connectivity index is 2.66. The fourth-order valence-electron chi connectivity index (χ4n) is 1.99. The molecule has 1 aliphatic rings. The fourth-order valence-corrected chi connectivity index (χ4v) is 1.99. The van der Waals surface area contributed by atoms with Crippen molar-refractivity contribution in [1.82, 2.24) is 10.2 Å². The van der Waals surface area contributed by atoms with Crippen molar-refractivity contribution in [3.05, 3.63) is 12.7 Å². The third-order valence-corrected chi connectivity index (χ3v) is 2.92. The topological polar surface area (TPSA) is 69.6 Å². The van der Waals surface area contributed by atoms with Crippen LogP contribution in [0.2, 0.25) is 0 Å². The van der Waals surface area contributed by atoms with Crippen LogP contribution in [0.5, 0.6) is 0 Å². The second-order valence-electron chi connectivity index (χ2n) is 4.41. The SMILES string of the molecule is C=CCN1CCC(C)NC(CCC(=O)O)C1=O. The highest BCUT2D eigenvalue weighted by Gasteiger charge is 2.28. The number of carboxylic acid groups (broad SMARTS) is 1. The Labute approximate surface area is 101 Å². The first-order valence-corrected chi connectivity index (χ1v) is 5.92. The molecule has 0 spiro atoms. The van der Waals surface area contributed by atoms with Crippen LogP contribution in [0.4, 0.5) is 0 Å². The van der Waals surface area contributed by atoms with Crippen LogP contribution >= 0.6 is 0 Å². The zero-order valence-electron chi connectivity index (χ0n) is 10.2. The number of carbonyl (C=O) groups is 2. The van der Waals surface area contributed by atoms with Crippen LogP contribution in [0.25, 0.3) is 0 Å². The van der Waals surface area contributed by atoms with E-state index in [1.807, 2.05) is 6.92 Å². The number of amides is 1. The van der Waals surface area contributed by atoms with Crippen LogP contribution < -0.4 is 5.32 Å². The maximum absolute atomic E-state index is 12.1. The first-order chi connectivity index (χ1) is 8.04. The molecule has 0 aromatic heterocycles. The largest absolute Gasteiger partial charge is 0.481 e. The average Bonchev–Trinajstić information content (AvgIpc) is 2.40. The molecule has 0 aromatic carbocycles. The first-order valence-electron chi connectivity index (χ1n) is 5.92. The minimum Gasteiger partial charge on any atom is -0.481 e. The van der Waals surface area contributed by atoms with E-state index in [0.29, 0.717) is 19.5 Å². The van der Waals surface area contributed by atoms with Gasteiger partial charge in [-0.3, -0.25) is 9.59 Å². The molecule has 0 bridgehead atoms. The van der Waals surface area contributed by atoms with E-state index in [4.69, 9.17) is 5.11 Å². The lowest BCUT2D eigenvalue weighted by Crippen LogP contribution is -2.45. The molecule has 1 heterocycles. The Hall–Kier alpha value is -1.36. The third kappa shape index (κ3) is 4.19. The quantitative estimate of drug-likeness (QED) is 0.691. The zero-order valence-corrected chi connectivity index (χ0v) is 10.2. The lowest BCUT2D eigenvalue weighted by molar-refractivity contribution is -0.137. The predicted octanol–water partition coefficient (Wildman–Crippen LogP) is 0.616. The zero-order chi connectivity index (χ0) is 12.8. The maximum Gasteiger partial charge on any atom is 0.303 e. The molecule has 1 aliphatic heterocycles. The van der Waals surface area contributed by atoms with Gasteiger partial charge in [-0.25, -0.2) is 0 Å². The van der Waals surface area contributed by atoms with E-state index in [1.54, 1.807) is 11.0 Å². The van der Waals surface area contributed by atoms with Crippen LogP contribution in [0.3, 0.4) is 0 Å². The molecule has 2 N–H and O–H groups in total. The highest BCUT2D eigenvalue weighted by molar-refractivity contribution is 5.83. The van der Waals surface area contributed by atoms with Gasteiger partial charge in [0.15, 0.2) is 0 Å². The molecular weight excluding hydrogens is 220 g/mol. The molecule has 0 aliphatic carbocycles. The highest BCUT2D eigenvalue weighted by Crippen LogP contribution is 2.11. The lowest BCUT2D eigenvalue weighted by atomic mass is 10.1. The normalized spacial score (nSPS) is 25.5. The van der Waals surface area contributed by atoms with Crippen molar-refractivity contribution in [1.29, 1.82) is 0 Å². The summed E-state index contributed by atoms with van der Waals surface area (Å²) in [6, 6.07) is -0.156. The summed E-state index contributed by atoms with van der Waals surface area (Å²) in [7, 11) is 0. The Kier molecular flexibility index (Phi) is 5.15. The molecule has 5 heteroatoms. The molecule has 5 nitrogen and oxygen atoms in total. The monoisotopic (exact) mass is 240 g/mol. The Morgan fingerprint density at radius 2 is 2.41 bits per heavy atom. The number of nitrogens with one attached hydrogen (secondary N) is 1. The molecule has 0 radical (unpaired) electrons. The summed E-state index contributed by atoms with van der Waals surface area (Å²) in [6.45, 7) is 6.86. The summed E-state index contributed by atoms with van der Waals surface area (Å²) in [6.07, 6.45) is 2.93. The molecule has 2 atom stereocenters. The maximum atomic E-state index is 12.1. The summed E-state index contributed by atoms with van der Waals surface area (Å²) in [5.41, 5.74) is 0. The van der Waals surface area contributed by atoms with Gasteiger partial charge in [0.1, 0.15) is 0 Å². The van der Waals surface area contributed by atoms with Crippen LogP contribution in [0, 0.1) is 0 Å². The number of aliphatic carboxylic acids is 1. The van der Waals surface area contributed by atoms with E-state index in [2.05, 4.69) is 11.9 Å². The standard InChI is InChI=1S/C12H20N2O3/c1-3-7-14-8-6-9(2)13-10(12(14)17)4-5-11(15)16/h3,9-10,13H,1,4-8H2,2H3,(H,15,16). The van der Waals surface area contributed by atoms with Crippen LogP contribution in [-0.2, 0) is 9.59 Å². The van der Waals surface area contributed by atoms with E-state index in [9.17, 15) is 9.59 Å². The molecular formula is C12H20N2O3. The van der Waals surface area contributed by atoms with Crippen molar-refractivity contribution >= 4 is 11.9 Å². The van der Waals surface area contributed by atoms with Gasteiger partial charge in [0.25, 0.3) is 0 Å². The van der Waals surface area contributed by atoms with Gasteiger partial charge in [0, 0.05) is 25.6 Å². The van der Waals surface area contributed by atoms with E-state index in [0.717, 1.165) is 6.42 Å². The van der Waals surface area contributed by atoms with Crippen molar-refractivity contribution in [3.8, 4) is 0 Å². The molecule has 0 aromatic rings. The third-order valence-electron chi connectivity index (χ3n) is 2.92. The number of carbonyl (C=O) groups excluding carboxylic acids is 1. The van der Waals surface area contributed by atoms with Gasteiger partial charge in [0.05, 0.1) is 6.04 Å². The van der Waals surface area contributed by atoms with Crippen molar-refractivity contribution in [2.24, 2.45) is 0 Å².